The van der Waals surface area contributed by atoms with Crippen molar-refractivity contribution in [1.29, 1.82) is 0 Å². The van der Waals surface area contributed by atoms with E-state index in [2.05, 4.69) is 17.2 Å². The molecule has 1 heterocycles. The number of methoxy groups -OCH3 is 1. The molecule has 0 radical (unpaired) electrons. The Morgan fingerprint density at radius 3 is 2.88 bits per heavy atom. The van der Waals surface area contributed by atoms with Gasteiger partial charge in [0.2, 0.25) is 0 Å². The molecule has 0 aromatic carbocycles. The molecule has 0 amide bonds. The van der Waals surface area contributed by atoms with Gasteiger partial charge in [0.05, 0.1) is 12.8 Å². The number of aryl methyl sites for hydroxylation is 1. The molecule has 1 aromatic rings. The highest BCUT2D eigenvalue weighted by Crippen LogP contribution is 2.13. The molecule has 0 aliphatic heterocycles. The summed E-state index contributed by atoms with van der Waals surface area (Å²) in [6, 6.07) is 3.86. The normalized spacial score (nSPS) is 12.5. The Morgan fingerprint density at radius 2 is 2.24 bits per heavy atom. The van der Waals surface area contributed by atoms with Crippen molar-refractivity contribution in [3.8, 4) is 5.75 Å². The van der Waals surface area contributed by atoms with E-state index >= 15 is 0 Å². The average Bonchev–Trinajstić information content (AvgIpc) is 2.28. The summed E-state index contributed by atoms with van der Waals surface area (Å²) < 4.78 is 5.20. The Balaban J connectivity index is 2.43. The summed E-state index contributed by atoms with van der Waals surface area (Å²) in [5, 5.41) is 12.1. The topological polar surface area (TPSA) is 54.4 Å². The van der Waals surface area contributed by atoms with Crippen LogP contribution in [0.2, 0.25) is 0 Å². The lowest BCUT2D eigenvalue weighted by Crippen LogP contribution is -2.22. The van der Waals surface area contributed by atoms with Gasteiger partial charge < -0.3 is 15.2 Å². The van der Waals surface area contributed by atoms with E-state index in [0.29, 0.717) is 5.92 Å². The van der Waals surface area contributed by atoms with Crippen LogP contribution in [0.5, 0.6) is 5.75 Å². The Bertz CT molecular complexity index is 342. The fraction of sp³-hybridized carbons (Fsp3) is 0.615. The molecule has 0 saturated heterocycles. The van der Waals surface area contributed by atoms with E-state index in [1.165, 1.54) is 0 Å². The van der Waals surface area contributed by atoms with E-state index in [-0.39, 0.29) is 6.61 Å². The van der Waals surface area contributed by atoms with Crippen molar-refractivity contribution >= 4 is 0 Å². The minimum absolute atomic E-state index is 0.249. The van der Waals surface area contributed by atoms with Gasteiger partial charge in [-0.1, -0.05) is 6.92 Å². The van der Waals surface area contributed by atoms with Crippen LogP contribution in [-0.2, 0) is 6.54 Å². The predicted octanol–water partition coefficient (Wildman–Crippen LogP) is 1.51. The van der Waals surface area contributed by atoms with Crippen LogP contribution in [0.1, 0.15) is 24.7 Å². The first-order chi connectivity index (χ1) is 8.15. The van der Waals surface area contributed by atoms with Crippen LogP contribution in [0.25, 0.3) is 0 Å². The van der Waals surface area contributed by atoms with E-state index in [4.69, 9.17) is 9.84 Å². The second kappa shape index (κ2) is 7.25. The molecule has 0 aliphatic carbocycles. The molecule has 4 heteroatoms. The third-order valence-electron chi connectivity index (χ3n) is 2.64. The highest BCUT2D eigenvalue weighted by atomic mass is 16.5. The molecule has 1 unspecified atom stereocenters. The third-order valence-corrected chi connectivity index (χ3v) is 2.64. The Kier molecular flexibility index (Phi) is 5.94. The lowest BCUT2D eigenvalue weighted by molar-refractivity contribution is 0.260. The summed E-state index contributed by atoms with van der Waals surface area (Å²) in [6.45, 7) is 5.94. The number of pyridine rings is 1. The number of nitrogens with zero attached hydrogens (tertiary/aromatic N) is 1. The number of ether oxygens (including phenoxy) is 1. The third kappa shape index (κ3) is 5.15. The SMILES string of the molecule is COc1cc(C)nc(CNCC(C)CCO)c1. The predicted molar refractivity (Wildman–Crippen MR) is 68.1 cm³/mol. The van der Waals surface area contributed by atoms with E-state index in [0.717, 1.165) is 36.6 Å². The standard InChI is InChI=1S/C13H22N2O2/c1-10(4-5-16)8-14-9-12-7-13(17-3)6-11(2)15-12/h6-7,10,14,16H,4-5,8-9H2,1-3H3. The molecule has 0 fully saturated rings. The fourth-order valence-electron chi connectivity index (χ4n) is 1.68. The molecule has 1 atom stereocenters. The fourth-order valence-corrected chi connectivity index (χ4v) is 1.68. The summed E-state index contributed by atoms with van der Waals surface area (Å²) in [5.74, 6) is 1.32. The van der Waals surface area contributed by atoms with Gasteiger partial charge in [0, 0.05) is 31.0 Å². The number of hydrogen-bond donors (Lipinski definition) is 2. The van der Waals surface area contributed by atoms with Crippen molar-refractivity contribution in [2.45, 2.75) is 26.8 Å². The van der Waals surface area contributed by atoms with E-state index in [1.54, 1.807) is 7.11 Å². The molecule has 0 saturated carbocycles. The highest BCUT2D eigenvalue weighted by Gasteiger charge is 2.03. The number of aliphatic hydroxyl groups excluding tert-OH is 1. The zero-order chi connectivity index (χ0) is 12.7. The van der Waals surface area contributed by atoms with Crippen LogP contribution in [0.4, 0.5) is 0 Å². The molecule has 0 spiro atoms. The maximum absolute atomic E-state index is 8.80. The monoisotopic (exact) mass is 238 g/mol. The first kappa shape index (κ1) is 13.9. The van der Waals surface area contributed by atoms with Gasteiger partial charge in [-0.25, -0.2) is 0 Å². The summed E-state index contributed by atoms with van der Waals surface area (Å²) in [4.78, 5) is 4.43. The molecule has 0 aliphatic rings. The molecular formula is C13H22N2O2. The van der Waals surface area contributed by atoms with Gasteiger partial charge in [0.1, 0.15) is 5.75 Å². The zero-order valence-electron chi connectivity index (χ0n) is 10.9. The lowest BCUT2D eigenvalue weighted by atomic mass is 10.1. The largest absolute Gasteiger partial charge is 0.497 e. The Labute approximate surface area is 103 Å². The summed E-state index contributed by atoms with van der Waals surface area (Å²) in [6.07, 6.45) is 0.831. The lowest BCUT2D eigenvalue weighted by Gasteiger charge is -2.11. The average molecular weight is 238 g/mol. The number of nitrogens with one attached hydrogen (secondary N) is 1. The number of aliphatic hydroxyl groups is 1. The summed E-state index contributed by atoms with van der Waals surface area (Å²) in [7, 11) is 1.66. The van der Waals surface area contributed by atoms with Crippen molar-refractivity contribution in [3.05, 3.63) is 23.5 Å². The highest BCUT2D eigenvalue weighted by molar-refractivity contribution is 5.26. The van der Waals surface area contributed by atoms with Crippen molar-refractivity contribution in [1.82, 2.24) is 10.3 Å². The first-order valence-corrected chi connectivity index (χ1v) is 5.99. The van der Waals surface area contributed by atoms with Crippen LogP contribution in [0.15, 0.2) is 12.1 Å². The van der Waals surface area contributed by atoms with Crippen molar-refractivity contribution in [3.63, 3.8) is 0 Å². The second-order valence-electron chi connectivity index (χ2n) is 4.39. The molecule has 2 N–H and O–H groups in total. The van der Waals surface area contributed by atoms with Crippen LogP contribution < -0.4 is 10.1 Å². The molecular weight excluding hydrogens is 216 g/mol. The first-order valence-electron chi connectivity index (χ1n) is 5.99. The number of aromatic nitrogens is 1. The van der Waals surface area contributed by atoms with Gasteiger partial charge in [0.15, 0.2) is 0 Å². The summed E-state index contributed by atoms with van der Waals surface area (Å²) >= 11 is 0. The number of hydrogen-bond acceptors (Lipinski definition) is 4. The quantitative estimate of drug-likeness (QED) is 0.756. The van der Waals surface area contributed by atoms with Crippen LogP contribution in [-0.4, -0.2) is 30.4 Å². The maximum Gasteiger partial charge on any atom is 0.122 e. The molecule has 96 valence electrons. The minimum Gasteiger partial charge on any atom is -0.497 e. The van der Waals surface area contributed by atoms with E-state index in [9.17, 15) is 0 Å². The molecule has 17 heavy (non-hydrogen) atoms. The van der Waals surface area contributed by atoms with Crippen LogP contribution in [0, 0.1) is 12.8 Å². The molecule has 4 nitrogen and oxygen atoms in total. The minimum atomic E-state index is 0.249. The van der Waals surface area contributed by atoms with Crippen molar-refractivity contribution < 1.29 is 9.84 Å². The zero-order valence-corrected chi connectivity index (χ0v) is 10.9. The van der Waals surface area contributed by atoms with Crippen molar-refractivity contribution in [2.24, 2.45) is 5.92 Å². The summed E-state index contributed by atoms with van der Waals surface area (Å²) in [5.41, 5.74) is 1.95. The Morgan fingerprint density at radius 1 is 1.47 bits per heavy atom. The van der Waals surface area contributed by atoms with Crippen molar-refractivity contribution in [2.75, 3.05) is 20.3 Å². The van der Waals surface area contributed by atoms with E-state index in [1.807, 2.05) is 19.1 Å². The smallest absolute Gasteiger partial charge is 0.122 e. The molecule has 1 rings (SSSR count). The number of rotatable bonds is 7. The Hall–Kier alpha value is -1.13. The van der Waals surface area contributed by atoms with Gasteiger partial charge in [-0.15, -0.1) is 0 Å². The molecule has 0 bridgehead atoms. The maximum atomic E-state index is 8.80. The van der Waals surface area contributed by atoms with Gasteiger partial charge in [-0.3, -0.25) is 4.98 Å². The van der Waals surface area contributed by atoms with Gasteiger partial charge in [-0.05, 0) is 25.8 Å². The van der Waals surface area contributed by atoms with Gasteiger partial charge >= 0.3 is 0 Å². The second-order valence-corrected chi connectivity index (χ2v) is 4.39. The molecule has 1 aromatic heterocycles. The van der Waals surface area contributed by atoms with Gasteiger partial charge in [0.25, 0.3) is 0 Å². The van der Waals surface area contributed by atoms with Crippen LogP contribution >= 0.6 is 0 Å². The van der Waals surface area contributed by atoms with Crippen LogP contribution in [0.3, 0.4) is 0 Å². The van der Waals surface area contributed by atoms with E-state index < -0.39 is 0 Å². The van der Waals surface area contributed by atoms with Gasteiger partial charge in [-0.2, -0.15) is 0 Å².